The predicted octanol–water partition coefficient (Wildman–Crippen LogP) is 6.01. The van der Waals surface area contributed by atoms with Crippen LogP contribution in [0.1, 0.15) is 86.0 Å². The minimum Gasteiger partial charge on any atom is -0.393 e. The number of hydrogen-bond acceptors (Lipinski definition) is 3. The lowest BCUT2D eigenvalue weighted by atomic mass is 9.47. The van der Waals surface area contributed by atoms with Gasteiger partial charge >= 0.3 is 0 Å². The second-order valence-electron chi connectivity index (χ2n) is 14.0. The average Bonchev–Trinajstić information content (AvgIpc) is 3.19. The number of carbonyl (C=O) groups is 2. The molecule has 0 spiro atoms. The number of benzene rings is 1. The molecule has 0 aromatic heterocycles. The van der Waals surface area contributed by atoms with Gasteiger partial charge in [0.05, 0.1) is 6.10 Å². The van der Waals surface area contributed by atoms with Gasteiger partial charge in [0, 0.05) is 17.1 Å². The zero-order chi connectivity index (χ0) is 27.5. The van der Waals surface area contributed by atoms with Crippen molar-refractivity contribution in [2.24, 2.45) is 34.5 Å². The van der Waals surface area contributed by atoms with E-state index >= 15 is 0 Å². The highest BCUT2D eigenvalue weighted by Gasteiger charge is 2.60. The van der Waals surface area contributed by atoms with Crippen molar-refractivity contribution in [3.05, 3.63) is 41.7 Å². The molecule has 5 rings (SSSR count). The first-order chi connectivity index (χ1) is 17.8. The fourth-order valence-corrected chi connectivity index (χ4v) is 8.75. The topological polar surface area (TPSA) is 69.6 Å². The van der Waals surface area contributed by atoms with Crippen LogP contribution in [0, 0.1) is 40.3 Å². The number of aliphatic hydroxyl groups is 1. The molecule has 4 aliphatic rings. The number of anilines is 1. The number of rotatable bonds is 4. The molecule has 4 aliphatic carbocycles. The molecule has 38 heavy (non-hydrogen) atoms. The molecular formula is C32H45FN2O3. The van der Waals surface area contributed by atoms with E-state index in [0.717, 1.165) is 51.4 Å². The van der Waals surface area contributed by atoms with Crippen molar-refractivity contribution >= 4 is 17.5 Å². The van der Waals surface area contributed by atoms with Gasteiger partial charge in [-0.2, -0.15) is 0 Å². The summed E-state index contributed by atoms with van der Waals surface area (Å²) in [5.41, 5.74) is 1.67. The predicted molar refractivity (Wildman–Crippen MR) is 148 cm³/mol. The van der Waals surface area contributed by atoms with E-state index in [1.807, 2.05) is 20.8 Å². The summed E-state index contributed by atoms with van der Waals surface area (Å²) in [4.78, 5) is 28.9. The van der Waals surface area contributed by atoms with E-state index in [1.165, 1.54) is 17.7 Å². The van der Waals surface area contributed by atoms with Gasteiger partial charge in [-0.15, -0.1) is 0 Å². The summed E-state index contributed by atoms with van der Waals surface area (Å²) in [7, 11) is 0. The quantitative estimate of drug-likeness (QED) is 0.474. The molecule has 5 nitrogen and oxygen atoms in total. The van der Waals surface area contributed by atoms with Crippen LogP contribution in [0.3, 0.4) is 0 Å². The zero-order valence-electron chi connectivity index (χ0n) is 23.7. The second kappa shape index (κ2) is 9.76. The number of halogens is 1. The summed E-state index contributed by atoms with van der Waals surface area (Å²) in [5, 5.41) is 13.3. The van der Waals surface area contributed by atoms with Crippen LogP contribution < -0.4 is 10.2 Å². The molecule has 7 atom stereocenters. The van der Waals surface area contributed by atoms with Crippen LogP contribution >= 0.6 is 0 Å². The van der Waals surface area contributed by atoms with E-state index in [9.17, 15) is 19.1 Å². The minimum atomic E-state index is -0.407. The van der Waals surface area contributed by atoms with Crippen molar-refractivity contribution in [2.45, 2.75) is 97.6 Å². The molecule has 2 amide bonds. The van der Waals surface area contributed by atoms with Crippen LogP contribution in [0.25, 0.3) is 0 Å². The standard InChI is InChI=1S/C32H45FN2O3/c1-30(2,3)34-28(37)19-35(22-9-7-21(33)8-10-22)29(38)27-13-12-25-24-11-6-20-18-23(36)14-16-31(20,4)26(24)15-17-32(25,27)5/h6-10,23-27,36H,11-19H2,1-5H3,(H,34,37)/t23-,24-,25-,26-,27+,31-,32-/m0/s1. The molecule has 3 saturated carbocycles. The van der Waals surface area contributed by atoms with Crippen LogP contribution in [-0.2, 0) is 9.59 Å². The number of carbonyl (C=O) groups excluding carboxylic acids is 2. The lowest BCUT2D eigenvalue weighted by Gasteiger charge is -2.58. The molecule has 0 unspecified atom stereocenters. The van der Waals surface area contributed by atoms with E-state index in [0.29, 0.717) is 23.4 Å². The van der Waals surface area contributed by atoms with Crippen LogP contribution in [0.15, 0.2) is 35.9 Å². The molecule has 1 aromatic rings. The SMILES string of the molecule is CC(C)(C)NC(=O)CN(C(=O)[C@H]1CC[C@H]2[C@@H]3CC=C4C[C@@H](O)CC[C@]4(C)[C@H]3CC[C@]12C)c1ccc(F)cc1. The Morgan fingerprint density at radius 2 is 1.76 bits per heavy atom. The first-order valence-corrected chi connectivity index (χ1v) is 14.6. The molecule has 208 valence electrons. The van der Waals surface area contributed by atoms with Crippen molar-refractivity contribution in [1.82, 2.24) is 5.32 Å². The monoisotopic (exact) mass is 524 g/mol. The number of aliphatic hydroxyl groups excluding tert-OH is 1. The van der Waals surface area contributed by atoms with Gasteiger partial charge in [0.1, 0.15) is 12.4 Å². The van der Waals surface area contributed by atoms with E-state index in [1.54, 1.807) is 17.0 Å². The highest BCUT2D eigenvalue weighted by atomic mass is 19.1. The Morgan fingerprint density at radius 3 is 2.45 bits per heavy atom. The summed E-state index contributed by atoms with van der Waals surface area (Å²) in [6.07, 6.45) is 9.96. The van der Waals surface area contributed by atoms with E-state index < -0.39 is 5.54 Å². The number of hydrogen-bond donors (Lipinski definition) is 2. The van der Waals surface area contributed by atoms with Gasteiger partial charge in [0.25, 0.3) is 0 Å². The first kappa shape index (κ1) is 27.4. The van der Waals surface area contributed by atoms with Crippen molar-refractivity contribution in [3.63, 3.8) is 0 Å². The molecular weight excluding hydrogens is 479 g/mol. The minimum absolute atomic E-state index is 0.0110. The van der Waals surface area contributed by atoms with Crippen molar-refractivity contribution < 1.29 is 19.1 Å². The first-order valence-electron chi connectivity index (χ1n) is 14.6. The Hall–Kier alpha value is -2.21. The van der Waals surface area contributed by atoms with Gasteiger partial charge in [-0.3, -0.25) is 9.59 Å². The smallest absolute Gasteiger partial charge is 0.240 e. The summed E-state index contributed by atoms with van der Waals surface area (Å²) in [6, 6.07) is 5.93. The number of allylic oxidation sites excluding steroid dienone is 1. The average molecular weight is 525 g/mol. The molecule has 0 radical (unpaired) electrons. The molecule has 0 bridgehead atoms. The fraction of sp³-hybridized carbons (Fsp3) is 0.688. The molecule has 1 aromatic carbocycles. The van der Waals surface area contributed by atoms with E-state index in [2.05, 4.69) is 25.2 Å². The van der Waals surface area contributed by atoms with Crippen LogP contribution in [0.2, 0.25) is 0 Å². The maximum absolute atomic E-state index is 14.3. The third kappa shape index (κ3) is 4.82. The van der Waals surface area contributed by atoms with Crippen LogP contribution in [0.5, 0.6) is 0 Å². The number of nitrogens with one attached hydrogen (secondary N) is 1. The van der Waals surface area contributed by atoms with Crippen molar-refractivity contribution in [3.8, 4) is 0 Å². The Bertz CT molecular complexity index is 1110. The molecule has 6 heteroatoms. The Balaban J connectivity index is 1.40. The second-order valence-corrected chi connectivity index (χ2v) is 14.0. The summed E-state index contributed by atoms with van der Waals surface area (Å²) >= 11 is 0. The van der Waals surface area contributed by atoms with Gasteiger partial charge in [0.2, 0.25) is 11.8 Å². The molecule has 0 heterocycles. The highest BCUT2D eigenvalue weighted by Crippen LogP contribution is 2.66. The lowest BCUT2D eigenvalue weighted by Crippen LogP contribution is -2.53. The van der Waals surface area contributed by atoms with Gasteiger partial charge in [-0.25, -0.2) is 4.39 Å². The van der Waals surface area contributed by atoms with Crippen molar-refractivity contribution in [1.29, 1.82) is 0 Å². The maximum Gasteiger partial charge on any atom is 0.240 e. The van der Waals surface area contributed by atoms with Crippen molar-refractivity contribution in [2.75, 3.05) is 11.4 Å². The lowest BCUT2D eigenvalue weighted by molar-refractivity contribution is -0.131. The zero-order valence-corrected chi connectivity index (χ0v) is 23.7. The highest BCUT2D eigenvalue weighted by molar-refractivity contribution is 6.00. The molecule has 0 saturated heterocycles. The summed E-state index contributed by atoms with van der Waals surface area (Å²) < 4.78 is 13.7. The Morgan fingerprint density at radius 1 is 1.05 bits per heavy atom. The van der Waals surface area contributed by atoms with Crippen LogP contribution in [0.4, 0.5) is 10.1 Å². The third-order valence-corrected chi connectivity index (χ3v) is 10.6. The maximum atomic E-state index is 14.3. The summed E-state index contributed by atoms with van der Waals surface area (Å²) in [5.74, 6) is 0.883. The largest absolute Gasteiger partial charge is 0.393 e. The van der Waals surface area contributed by atoms with E-state index in [-0.39, 0.29) is 47.0 Å². The Labute approximate surface area is 227 Å². The molecule has 0 aliphatic heterocycles. The summed E-state index contributed by atoms with van der Waals surface area (Å²) in [6.45, 7) is 10.4. The van der Waals surface area contributed by atoms with Gasteiger partial charge < -0.3 is 15.3 Å². The number of nitrogens with zero attached hydrogens (tertiary/aromatic N) is 1. The third-order valence-electron chi connectivity index (χ3n) is 10.6. The molecule has 2 N–H and O–H groups in total. The van der Waals surface area contributed by atoms with Gasteiger partial charge in [-0.1, -0.05) is 25.5 Å². The number of fused-ring (bicyclic) bond motifs is 5. The molecule has 3 fully saturated rings. The van der Waals surface area contributed by atoms with Gasteiger partial charge in [-0.05, 0) is 125 Å². The van der Waals surface area contributed by atoms with Crippen LogP contribution in [-0.4, -0.2) is 35.1 Å². The van der Waals surface area contributed by atoms with Gasteiger partial charge in [0.15, 0.2) is 0 Å². The van der Waals surface area contributed by atoms with E-state index in [4.69, 9.17) is 0 Å². The Kier molecular flexibility index (Phi) is 7.03. The fourth-order valence-electron chi connectivity index (χ4n) is 8.75. The number of amides is 2. The normalized spacial score (nSPS) is 36.4.